The van der Waals surface area contributed by atoms with Gasteiger partial charge < -0.3 is 20.5 Å². The number of aryl methyl sites for hydroxylation is 1. The number of hydrogen-bond donors (Lipinski definition) is 3. The lowest BCUT2D eigenvalue weighted by atomic mass is 9.92. The van der Waals surface area contributed by atoms with E-state index in [0.717, 1.165) is 12.0 Å². The number of carbonyl (C=O) groups excluding carboxylic acids is 3. The number of amidine groups is 1. The van der Waals surface area contributed by atoms with E-state index in [1.54, 1.807) is 55.5 Å². The van der Waals surface area contributed by atoms with Crippen molar-refractivity contribution in [3.8, 4) is 17.0 Å². The van der Waals surface area contributed by atoms with Crippen molar-refractivity contribution in [3.05, 3.63) is 112 Å². The highest BCUT2D eigenvalue weighted by Crippen LogP contribution is 2.33. The van der Waals surface area contributed by atoms with E-state index < -0.39 is 11.9 Å². The highest BCUT2D eigenvalue weighted by Gasteiger charge is 2.31. The number of nitrogens with one attached hydrogen (secondary N) is 2. The molecular weight excluding hydrogens is 570 g/mol. The first-order chi connectivity index (χ1) is 21.4. The van der Waals surface area contributed by atoms with Crippen molar-refractivity contribution < 1.29 is 28.3 Å². The highest BCUT2D eigenvalue weighted by molar-refractivity contribution is 6.10. The molecule has 0 spiro atoms. The van der Waals surface area contributed by atoms with Crippen molar-refractivity contribution in [2.75, 3.05) is 33.1 Å². The van der Waals surface area contributed by atoms with E-state index >= 15 is 0 Å². The van der Waals surface area contributed by atoms with Crippen LogP contribution in [-0.4, -0.2) is 60.8 Å². The van der Waals surface area contributed by atoms with Crippen molar-refractivity contribution in [1.82, 2.24) is 4.98 Å². The fraction of sp³-hybridized carbons (Fsp3) is 0.229. The Morgan fingerprint density at radius 1 is 0.933 bits per heavy atom. The third-order valence-electron chi connectivity index (χ3n) is 7.40. The molecule has 4 N–H and O–H groups in total. The standard InChI is InChI=1S/C35H37N5O5/c1-6-18-40(3,4)34(42)27-20-29(35(43)45-21-23-10-8-7-9-11-23)28(19-22(27)2)26-16-17-30(44-5)39-31(26)33(41)38-25-14-12-24(13-15-25)32(36)37/h7-17,19-20H,6,18,21H2,1-5H3,(H3-,36,37,38,41)/p+1. The molecule has 0 aliphatic carbocycles. The number of benzene rings is 3. The number of anilines is 1. The molecule has 0 bridgehead atoms. The zero-order chi connectivity index (χ0) is 32.7. The maximum absolute atomic E-state index is 13.7. The average molecular weight is 609 g/mol. The first-order valence-corrected chi connectivity index (χ1v) is 14.5. The van der Waals surface area contributed by atoms with Gasteiger partial charge in [0.15, 0.2) is 0 Å². The lowest BCUT2D eigenvalue weighted by Crippen LogP contribution is -2.46. The number of amides is 2. The molecule has 0 aliphatic rings. The maximum Gasteiger partial charge on any atom is 0.345 e. The minimum absolute atomic E-state index is 0.00248. The summed E-state index contributed by atoms with van der Waals surface area (Å²) in [5.41, 5.74) is 9.22. The molecule has 0 unspecified atom stereocenters. The van der Waals surface area contributed by atoms with Gasteiger partial charge in [-0.05, 0) is 72.5 Å². The van der Waals surface area contributed by atoms with Gasteiger partial charge in [0, 0.05) is 22.9 Å². The van der Waals surface area contributed by atoms with Gasteiger partial charge in [0.25, 0.3) is 5.91 Å². The van der Waals surface area contributed by atoms with Crippen molar-refractivity contribution in [2.24, 2.45) is 5.73 Å². The molecule has 0 fully saturated rings. The SMILES string of the molecule is CCC[N+](C)(C)C(=O)c1cc(C(=O)OCc2ccccc2)c(-c2ccc(OC)nc2C(=O)Nc2ccc(C(=N)N)cc2)cc1C. The Morgan fingerprint density at radius 3 is 2.24 bits per heavy atom. The van der Waals surface area contributed by atoms with E-state index in [2.05, 4.69) is 10.3 Å². The summed E-state index contributed by atoms with van der Waals surface area (Å²) in [6.07, 6.45) is 0.801. The van der Waals surface area contributed by atoms with Crippen LogP contribution in [0.3, 0.4) is 0 Å². The third kappa shape index (κ3) is 7.60. The third-order valence-corrected chi connectivity index (χ3v) is 7.40. The summed E-state index contributed by atoms with van der Waals surface area (Å²) in [7, 11) is 5.12. The van der Waals surface area contributed by atoms with E-state index in [-0.39, 0.29) is 40.0 Å². The van der Waals surface area contributed by atoms with Gasteiger partial charge >= 0.3 is 11.9 Å². The Hall–Kier alpha value is -5.35. The molecule has 3 aromatic carbocycles. The second-order valence-electron chi connectivity index (χ2n) is 11.2. The summed E-state index contributed by atoms with van der Waals surface area (Å²) in [5.74, 6) is -1.23. The molecule has 45 heavy (non-hydrogen) atoms. The number of pyridine rings is 1. The van der Waals surface area contributed by atoms with Crippen molar-refractivity contribution in [2.45, 2.75) is 26.9 Å². The molecule has 4 rings (SSSR count). The van der Waals surface area contributed by atoms with E-state index in [0.29, 0.717) is 40.0 Å². The van der Waals surface area contributed by atoms with E-state index in [1.165, 1.54) is 7.11 Å². The molecule has 1 aromatic heterocycles. The van der Waals surface area contributed by atoms with Crippen LogP contribution in [0.15, 0.2) is 78.9 Å². The number of nitrogens with two attached hydrogens (primary N) is 1. The minimum Gasteiger partial charge on any atom is -0.481 e. The number of quaternary nitrogens is 1. The molecule has 10 nitrogen and oxygen atoms in total. The van der Waals surface area contributed by atoms with Crippen molar-refractivity contribution in [1.29, 1.82) is 5.41 Å². The van der Waals surface area contributed by atoms with Crippen LogP contribution in [0.5, 0.6) is 5.88 Å². The van der Waals surface area contributed by atoms with Crippen LogP contribution in [-0.2, 0) is 11.3 Å². The van der Waals surface area contributed by atoms with Crippen molar-refractivity contribution in [3.63, 3.8) is 0 Å². The van der Waals surface area contributed by atoms with Crippen LogP contribution in [0.2, 0.25) is 0 Å². The van der Waals surface area contributed by atoms with Crippen LogP contribution >= 0.6 is 0 Å². The minimum atomic E-state index is -0.648. The van der Waals surface area contributed by atoms with Gasteiger partial charge in [0.05, 0.1) is 38.9 Å². The summed E-state index contributed by atoms with van der Waals surface area (Å²) in [5, 5.41) is 10.4. The number of ether oxygens (including phenoxy) is 2. The molecule has 0 radical (unpaired) electrons. The van der Waals surface area contributed by atoms with Crippen LogP contribution in [0.25, 0.3) is 11.1 Å². The van der Waals surface area contributed by atoms with E-state index in [9.17, 15) is 14.4 Å². The second-order valence-corrected chi connectivity index (χ2v) is 11.2. The lowest BCUT2D eigenvalue weighted by molar-refractivity contribution is -0.807. The Morgan fingerprint density at radius 2 is 1.62 bits per heavy atom. The fourth-order valence-corrected chi connectivity index (χ4v) is 4.99. The highest BCUT2D eigenvalue weighted by atomic mass is 16.5. The molecule has 1 heterocycles. The Labute approximate surface area is 262 Å². The van der Waals surface area contributed by atoms with E-state index in [4.69, 9.17) is 20.6 Å². The van der Waals surface area contributed by atoms with Crippen LogP contribution < -0.4 is 15.8 Å². The van der Waals surface area contributed by atoms with Gasteiger partial charge in [-0.3, -0.25) is 14.7 Å². The van der Waals surface area contributed by atoms with Gasteiger partial charge in [0.2, 0.25) is 5.88 Å². The largest absolute Gasteiger partial charge is 0.481 e. The number of nitrogens with zero attached hydrogens (tertiary/aromatic N) is 2. The molecular formula is C35H38N5O5+. The summed E-state index contributed by atoms with van der Waals surface area (Å²) < 4.78 is 11.2. The predicted molar refractivity (Wildman–Crippen MR) is 174 cm³/mol. The quantitative estimate of drug-likeness (QED) is 0.0872. The summed E-state index contributed by atoms with van der Waals surface area (Å²) >= 11 is 0. The second kappa shape index (κ2) is 14.0. The fourth-order valence-electron chi connectivity index (χ4n) is 4.99. The summed E-state index contributed by atoms with van der Waals surface area (Å²) in [6.45, 7) is 4.46. The number of hydrogen-bond acceptors (Lipinski definition) is 7. The Bertz CT molecular complexity index is 1730. The maximum atomic E-state index is 13.7. The van der Waals surface area contributed by atoms with Crippen LogP contribution in [0.4, 0.5) is 5.69 Å². The topological polar surface area (TPSA) is 144 Å². The molecule has 0 aliphatic heterocycles. The first-order valence-electron chi connectivity index (χ1n) is 14.5. The lowest BCUT2D eigenvalue weighted by Gasteiger charge is -2.27. The predicted octanol–water partition coefficient (Wildman–Crippen LogP) is 5.59. The number of carbonyl (C=O) groups is 3. The molecule has 0 saturated heterocycles. The van der Waals surface area contributed by atoms with Gasteiger partial charge in [0.1, 0.15) is 18.1 Å². The van der Waals surface area contributed by atoms with Crippen LogP contribution in [0, 0.1) is 12.3 Å². The Kier molecular flexibility index (Phi) is 10.1. The van der Waals surface area contributed by atoms with Gasteiger partial charge in [-0.15, -0.1) is 0 Å². The normalized spacial score (nSPS) is 11.0. The zero-order valence-electron chi connectivity index (χ0n) is 26.1. The number of aromatic nitrogens is 1. The number of methoxy groups -OCH3 is 1. The Balaban J connectivity index is 1.83. The molecule has 2 amide bonds. The van der Waals surface area contributed by atoms with Crippen molar-refractivity contribution >= 4 is 29.3 Å². The number of esters is 1. The molecule has 4 aromatic rings. The molecule has 0 saturated carbocycles. The van der Waals surface area contributed by atoms with Gasteiger partial charge in [-0.2, -0.15) is 0 Å². The molecule has 10 heteroatoms. The monoisotopic (exact) mass is 608 g/mol. The van der Waals surface area contributed by atoms with Gasteiger partial charge in [-0.1, -0.05) is 37.3 Å². The number of rotatable bonds is 11. The number of nitrogen functional groups attached to an aromatic ring is 1. The van der Waals surface area contributed by atoms with E-state index in [1.807, 2.05) is 51.4 Å². The van der Waals surface area contributed by atoms with Gasteiger partial charge in [-0.25, -0.2) is 14.6 Å². The first kappa shape index (κ1) is 32.6. The smallest absolute Gasteiger partial charge is 0.345 e. The molecule has 232 valence electrons. The average Bonchev–Trinajstić information content (AvgIpc) is 3.03. The summed E-state index contributed by atoms with van der Waals surface area (Å²) in [4.78, 5) is 45.6. The molecule has 0 atom stereocenters. The zero-order valence-corrected chi connectivity index (χ0v) is 26.1. The summed E-state index contributed by atoms with van der Waals surface area (Å²) in [6, 6.07) is 22.3. The van der Waals surface area contributed by atoms with Crippen LogP contribution in [0.1, 0.15) is 61.2 Å².